The molecule has 50 valence electrons. The number of hydrogen-bond acceptors (Lipinski definition) is 0. The SMILES string of the molecule is FC1=C(F)C(Br)=CCC1. The lowest BCUT2D eigenvalue weighted by atomic mass is 10.2. The molecule has 0 aliphatic heterocycles. The second-order valence-corrected chi connectivity index (χ2v) is 2.66. The predicted octanol–water partition coefficient (Wildman–Crippen LogP) is 3.21. The fraction of sp³-hybridized carbons (Fsp3) is 0.333. The van der Waals surface area contributed by atoms with Gasteiger partial charge in [0.05, 0.1) is 4.48 Å². The molecule has 0 aromatic carbocycles. The first-order valence-electron chi connectivity index (χ1n) is 2.62. The first-order chi connectivity index (χ1) is 4.22. The van der Waals surface area contributed by atoms with Crippen molar-refractivity contribution >= 4 is 15.9 Å². The topological polar surface area (TPSA) is 0 Å². The molecule has 0 saturated carbocycles. The quantitative estimate of drug-likeness (QED) is 0.556. The molecule has 0 atom stereocenters. The normalized spacial score (nSPS) is 20.1. The lowest BCUT2D eigenvalue weighted by Crippen LogP contribution is -1.88. The van der Waals surface area contributed by atoms with Gasteiger partial charge >= 0.3 is 0 Å². The Morgan fingerprint density at radius 3 is 2.56 bits per heavy atom. The van der Waals surface area contributed by atoms with E-state index in [9.17, 15) is 8.78 Å². The maximum atomic E-state index is 12.4. The maximum Gasteiger partial charge on any atom is 0.168 e. The van der Waals surface area contributed by atoms with E-state index in [1.807, 2.05) is 0 Å². The van der Waals surface area contributed by atoms with E-state index < -0.39 is 11.7 Å². The summed E-state index contributed by atoms with van der Waals surface area (Å²) in [5, 5.41) is 0. The van der Waals surface area contributed by atoms with Crippen molar-refractivity contribution < 1.29 is 8.78 Å². The van der Waals surface area contributed by atoms with Crippen LogP contribution in [0.1, 0.15) is 12.8 Å². The van der Waals surface area contributed by atoms with Gasteiger partial charge < -0.3 is 0 Å². The van der Waals surface area contributed by atoms with Crippen molar-refractivity contribution in [3.8, 4) is 0 Å². The molecule has 0 aromatic heterocycles. The fourth-order valence-corrected chi connectivity index (χ4v) is 1.10. The van der Waals surface area contributed by atoms with Gasteiger partial charge in [0.2, 0.25) is 0 Å². The molecule has 0 amide bonds. The summed E-state index contributed by atoms with van der Waals surface area (Å²) in [5.41, 5.74) is 0. The third kappa shape index (κ3) is 1.39. The summed E-state index contributed by atoms with van der Waals surface area (Å²) in [4.78, 5) is 0. The summed E-state index contributed by atoms with van der Waals surface area (Å²) < 4.78 is 24.9. The molecule has 0 nitrogen and oxygen atoms in total. The minimum Gasteiger partial charge on any atom is -0.209 e. The number of rotatable bonds is 0. The summed E-state index contributed by atoms with van der Waals surface area (Å²) >= 11 is 2.88. The minimum absolute atomic E-state index is 0.195. The van der Waals surface area contributed by atoms with Gasteiger partial charge in [0.25, 0.3) is 0 Å². The van der Waals surface area contributed by atoms with Crippen molar-refractivity contribution in [1.29, 1.82) is 0 Å². The molecule has 1 aliphatic rings. The number of halogens is 3. The number of hydrogen-bond donors (Lipinski definition) is 0. The zero-order valence-electron chi connectivity index (χ0n) is 4.63. The van der Waals surface area contributed by atoms with Crippen LogP contribution in [0.25, 0.3) is 0 Å². The maximum absolute atomic E-state index is 12.4. The average molecular weight is 195 g/mol. The van der Waals surface area contributed by atoms with E-state index in [-0.39, 0.29) is 10.9 Å². The van der Waals surface area contributed by atoms with E-state index in [2.05, 4.69) is 15.9 Å². The Bertz CT molecular complexity index is 181. The zero-order chi connectivity index (χ0) is 6.85. The Hall–Kier alpha value is -0.180. The standard InChI is InChI=1S/C6H5BrF2/c7-4-2-1-3-5(8)6(4)9/h2H,1,3H2. The van der Waals surface area contributed by atoms with Crippen LogP contribution in [0.4, 0.5) is 8.78 Å². The molecule has 3 heteroatoms. The summed E-state index contributed by atoms with van der Waals surface area (Å²) in [6, 6.07) is 0. The molecular weight excluding hydrogens is 190 g/mol. The van der Waals surface area contributed by atoms with Crippen molar-refractivity contribution in [2.24, 2.45) is 0 Å². The molecule has 0 aromatic rings. The monoisotopic (exact) mass is 194 g/mol. The fourth-order valence-electron chi connectivity index (χ4n) is 0.655. The third-order valence-corrected chi connectivity index (χ3v) is 1.81. The van der Waals surface area contributed by atoms with E-state index in [1.165, 1.54) is 0 Å². The van der Waals surface area contributed by atoms with Gasteiger partial charge in [-0.3, -0.25) is 0 Å². The van der Waals surface area contributed by atoms with E-state index >= 15 is 0 Å². The molecule has 9 heavy (non-hydrogen) atoms. The Labute approximate surface area is 60.4 Å². The van der Waals surface area contributed by atoms with E-state index in [1.54, 1.807) is 6.08 Å². The van der Waals surface area contributed by atoms with Gasteiger partial charge in [-0.25, -0.2) is 8.78 Å². The summed E-state index contributed by atoms with van der Waals surface area (Å²) in [7, 11) is 0. The van der Waals surface area contributed by atoms with Gasteiger partial charge in [-0.1, -0.05) is 6.08 Å². The molecular formula is C6H5BrF2. The van der Waals surface area contributed by atoms with Crippen LogP contribution in [-0.2, 0) is 0 Å². The second-order valence-electron chi connectivity index (χ2n) is 1.81. The van der Waals surface area contributed by atoms with Crippen molar-refractivity contribution in [3.63, 3.8) is 0 Å². The van der Waals surface area contributed by atoms with Crippen LogP contribution in [0.2, 0.25) is 0 Å². The van der Waals surface area contributed by atoms with Crippen LogP contribution >= 0.6 is 15.9 Å². The molecule has 0 N–H and O–H groups in total. The lowest BCUT2D eigenvalue weighted by molar-refractivity contribution is 0.514. The third-order valence-electron chi connectivity index (χ3n) is 1.14. The molecule has 1 rings (SSSR count). The highest BCUT2D eigenvalue weighted by Gasteiger charge is 2.12. The Morgan fingerprint density at radius 2 is 2.11 bits per heavy atom. The molecule has 0 unspecified atom stereocenters. The lowest BCUT2D eigenvalue weighted by Gasteiger charge is -2.04. The highest BCUT2D eigenvalue weighted by atomic mass is 79.9. The Morgan fingerprint density at radius 1 is 1.44 bits per heavy atom. The Balaban J connectivity index is 2.88. The Kier molecular flexibility index (Phi) is 2.01. The van der Waals surface area contributed by atoms with Crippen molar-refractivity contribution in [3.05, 3.63) is 22.2 Å². The van der Waals surface area contributed by atoms with Gasteiger partial charge in [-0.2, -0.15) is 0 Å². The van der Waals surface area contributed by atoms with Crippen molar-refractivity contribution in [1.82, 2.24) is 0 Å². The average Bonchev–Trinajstić information content (AvgIpc) is 1.83. The summed E-state index contributed by atoms with van der Waals surface area (Å²) in [6.45, 7) is 0. The molecule has 0 radical (unpaired) electrons. The van der Waals surface area contributed by atoms with Crippen LogP contribution in [-0.4, -0.2) is 0 Å². The molecule has 1 aliphatic carbocycles. The van der Waals surface area contributed by atoms with Gasteiger partial charge in [0.1, 0.15) is 5.83 Å². The second kappa shape index (κ2) is 2.60. The summed E-state index contributed by atoms with van der Waals surface area (Å²) in [5.74, 6) is -1.40. The van der Waals surface area contributed by atoms with E-state index in [0.717, 1.165) is 0 Å². The van der Waals surface area contributed by atoms with Crippen molar-refractivity contribution in [2.45, 2.75) is 12.8 Å². The van der Waals surface area contributed by atoms with Crippen molar-refractivity contribution in [2.75, 3.05) is 0 Å². The first-order valence-corrected chi connectivity index (χ1v) is 3.41. The summed E-state index contributed by atoms with van der Waals surface area (Å²) in [6.07, 6.45) is 2.40. The number of allylic oxidation sites excluding steroid dienone is 4. The highest BCUT2D eigenvalue weighted by molar-refractivity contribution is 9.11. The van der Waals surface area contributed by atoms with Crippen LogP contribution in [0.3, 0.4) is 0 Å². The zero-order valence-corrected chi connectivity index (χ0v) is 6.21. The van der Waals surface area contributed by atoms with Crippen LogP contribution in [0.15, 0.2) is 22.2 Å². The molecule has 0 spiro atoms. The smallest absolute Gasteiger partial charge is 0.168 e. The molecule has 0 fully saturated rings. The van der Waals surface area contributed by atoms with E-state index in [4.69, 9.17) is 0 Å². The highest BCUT2D eigenvalue weighted by Crippen LogP contribution is 2.30. The predicted molar refractivity (Wildman–Crippen MR) is 35.5 cm³/mol. The van der Waals surface area contributed by atoms with Gasteiger partial charge in [0.15, 0.2) is 5.83 Å². The van der Waals surface area contributed by atoms with Crippen LogP contribution in [0.5, 0.6) is 0 Å². The largest absolute Gasteiger partial charge is 0.209 e. The molecule has 0 bridgehead atoms. The van der Waals surface area contributed by atoms with Gasteiger partial charge in [0, 0.05) is 6.42 Å². The minimum atomic E-state index is -0.749. The van der Waals surface area contributed by atoms with Crippen LogP contribution in [0, 0.1) is 0 Å². The molecule has 0 saturated heterocycles. The van der Waals surface area contributed by atoms with E-state index in [0.29, 0.717) is 6.42 Å². The van der Waals surface area contributed by atoms with Gasteiger partial charge in [-0.15, -0.1) is 0 Å². The van der Waals surface area contributed by atoms with Crippen LogP contribution < -0.4 is 0 Å². The first kappa shape index (κ1) is 6.93. The van der Waals surface area contributed by atoms with Gasteiger partial charge in [-0.05, 0) is 22.4 Å². The molecule has 0 heterocycles.